The summed E-state index contributed by atoms with van der Waals surface area (Å²) >= 11 is 0. The zero-order valence-electron chi connectivity index (χ0n) is 15.5. The highest BCUT2D eigenvalue weighted by molar-refractivity contribution is 7.89. The van der Waals surface area contributed by atoms with Crippen molar-refractivity contribution in [3.8, 4) is 6.07 Å². The number of nitrogens with one attached hydrogen (secondary N) is 1. The molecule has 3 N–H and O–H groups in total. The van der Waals surface area contributed by atoms with Crippen LogP contribution in [-0.2, 0) is 14.8 Å². The van der Waals surface area contributed by atoms with Crippen LogP contribution in [0.3, 0.4) is 0 Å². The second-order valence-electron chi connectivity index (χ2n) is 6.66. The summed E-state index contributed by atoms with van der Waals surface area (Å²) in [6.07, 6.45) is 0. The first-order valence-corrected chi connectivity index (χ1v) is 10.4. The Morgan fingerprint density at radius 2 is 1.79 bits per heavy atom. The lowest BCUT2D eigenvalue weighted by atomic mass is 10.2. The molecule has 0 spiro atoms. The topological polar surface area (TPSA) is 120 Å². The van der Waals surface area contributed by atoms with Crippen molar-refractivity contribution in [2.45, 2.75) is 4.90 Å². The highest BCUT2D eigenvalue weighted by Gasteiger charge is 2.21. The maximum absolute atomic E-state index is 14.2. The Morgan fingerprint density at radius 1 is 1.14 bits per heavy atom. The number of sulfonamides is 1. The molecule has 0 unspecified atom stereocenters. The van der Waals surface area contributed by atoms with Gasteiger partial charge in [-0.05, 0) is 42.5 Å². The van der Waals surface area contributed by atoms with Crippen molar-refractivity contribution in [3.05, 3.63) is 53.8 Å². The van der Waals surface area contributed by atoms with Crippen molar-refractivity contribution in [2.75, 3.05) is 42.9 Å². The van der Waals surface area contributed by atoms with E-state index >= 15 is 0 Å². The predicted octanol–water partition coefficient (Wildman–Crippen LogP) is 1.11. The van der Waals surface area contributed by atoms with Gasteiger partial charge < -0.3 is 10.2 Å². The Morgan fingerprint density at radius 3 is 2.34 bits per heavy atom. The third kappa shape index (κ3) is 5.29. The van der Waals surface area contributed by atoms with E-state index in [2.05, 4.69) is 5.32 Å². The van der Waals surface area contributed by atoms with Gasteiger partial charge in [-0.25, -0.2) is 17.9 Å². The summed E-state index contributed by atoms with van der Waals surface area (Å²) in [6, 6.07) is 11.9. The van der Waals surface area contributed by atoms with Gasteiger partial charge in [0.15, 0.2) is 0 Å². The standard InChI is InChI=1S/C19H20FN5O3S/c20-17-11-14(12-21)1-6-18(17)25-9-7-24(8-10-25)13-19(26)23-15-2-4-16(5-3-15)29(22,27)28/h1-6,11H,7-10,13H2,(H,23,26)(H2,22,27,28). The van der Waals surface area contributed by atoms with Gasteiger partial charge in [0.05, 0.1) is 28.8 Å². The van der Waals surface area contributed by atoms with Gasteiger partial charge in [0.25, 0.3) is 0 Å². The van der Waals surface area contributed by atoms with Gasteiger partial charge in [0.2, 0.25) is 15.9 Å². The van der Waals surface area contributed by atoms with Crippen LogP contribution in [0.2, 0.25) is 0 Å². The molecule has 0 aromatic heterocycles. The third-order valence-electron chi connectivity index (χ3n) is 4.62. The number of amides is 1. The fourth-order valence-corrected chi connectivity index (χ4v) is 3.63. The molecule has 0 saturated carbocycles. The summed E-state index contributed by atoms with van der Waals surface area (Å²) in [4.78, 5) is 16.0. The predicted molar refractivity (Wildman–Crippen MR) is 106 cm³/mol. The Labute approximate surface area is 168 Å². The molecule has 29 heavy (non-hydrogen) atoms. The van der Waals surface area contributed by atoms with Crippen LogP contribution in [0.4, 0.5) is 15.8 Å². The molecule has 2 aromatic carbocycles. The second-order valence-corrected chi connectivity index (χ2v) is 8.22. The molecular weight excluding hydrogens is 397 g/mol. The summed E-state index contributed by atoms with van der Waals surface area (Å²) < 4.78 is 36.7. The van der Waals surface area contributed by atoms with E-state index < -0.39 is 15.8 Å². The zero-order valence-corrected chi connectivity index (χ0v) is 16.3. The second kappa shape index (κ2) is 8.57. The molecule has 1 saturated heterocycles. The van der Waals surface area contributed by atoms with Crippen LogP contribution in [0.15, 0.2) is 47.4 Å². The number of hydrogen-bond donors (Lipinski definition) is 2. The maximum Gasteiger partial charge on any atom is 0.238 e. The van der Waals surface area contributed by atoms with Gasteiger partial charge in [-0.15, -0.1) is 0 Å². The number of hydrogen-bond acceptors (Lipinski definition) is 6. The minimum Gasteiger partial charge on any atom is -0.367 e. The highest BCUT2D eigenvalue weighted by Crippen LogP contribution is 2.22. The summed E-state index contributed by atoms with van der Waals surface area (Å²) in [5.74, 6) is -0.662. The lowest BCUT2D eigenvalue weighted by Gasteiger charge is -2.35. The first-order valence-electron chi connectivity index (χ1n) is 8.86. The molecule has 8 nitrogen and oxygen atoms in total. The zero-order chi connectivity index (χ0) is 21.0. The molecule has 1 aliphatic rings. The van der Waals surface area contributed by atoms with Crippen molar-refractivity contribution in [1.29, 1.82) is 5.26 Å². The van der Waals surface area contributed by atoms with Gasteiger partial charge in [-0.1, -0.05) is 0 Å². The number of nitrogens with zero attached hydrogens (tertiary/aromatic N) is 3. The molecule has 0 aliphatic carbocycles. The van der Waals surface area contributed by atoms with E-state index in [4.69, 9.17) is 10.4 Å². The molecule has 10 heteroatoms. The maximum atomic E-state index is 14.2. The summed E-state index contributed by atoms with van der Waals surface area (Å²) in [7, 11) is -3.77. The molecule has 1 fully saturated rings. The van der Waals surface area contributed by atoms with Crippen LogP contribution in [0, 0.1) is 17.1 Å². The number of carbonyl (C=O) groups is 1. The van der Waals surface area contributed by atoms with Gasteiger partial charge in [0.1, 0.15) is 5.82 Å². The quantitative estimate of drug-likeness (QED) is 0.752. The van der Waals surface area contributed by atoms with E-state index in [1.54, 1.807) is 12.1 Å². The van der Waals surface area contributed by atoms with Gasteiger partial charge in [-0.3, -0.25) is 9.69 Å². The number of rotatable bonds is 5. The Bertz CT molecular complexity index is 1040. The fourth-order valence-electron chi connectivity index (χ4n) is 3.11. The van der Waals surface area contributed by atoms with Crippen LogP contribution in [0.1, 0.15) is 5.56 Å². The van der Waals surface area contributed by atoms with E-state index in [1.807, 2.05) is 15.9 Å². The summed E-state index contributed by atoms with van der Waals surface area (Å²) in [5, 5.41) is 16.6. The molecule has 0 bridgehead atoms. The first-order chi connectivity index (χ1) is 13.8. The van der Waals surface area contributed by atoms with Crippen molar-refractivity contribution in [3.63, 3.8) is 0 Å². The number of nitriles is 1. The SMILES string of the molecule is N#Cc1ccc(N2CCN(CC(=O)Nc3ccc(S(N)(=O)=O)cc3)CC2)c(F)c1. The number of piperazine rings is 1. The van der Waals surface area contributed by atoms with Gasteiger partial charge in [-0.2, -0.15) is 5.26 Å². The number of benzene rings is 2. The number of carbonyl (C=O) groups excluding carboxylic acids is 1. The largest absolute Gasteiger partial charge is 0.367 e. The Balaban J connectivity index is 1.51. The number of anilines is 2. The van der Waals surface area contributed by atoms with Gasteiger partial charge in [0, 0.05) is 31.9 Å². The fraction of sp³-hybridized carbons (Fsp3) is 0.263. The van der Waals surface area contributed by atoms with Crippen LogP contribution in [0.5, 0.6) is 0 Å². The molecule has 3 rings (SSSR count). The molecule has 1 heterocycles. The first kappa shape index (κ1) is 20.7. The van der Waals surface area contributed by atoms with Crippen LogP contribution in [-0.4, -0.2) is 51.9 Å². The molecular formula is C19H20FN5O3S. The molecule has 152 valence electrons. The van der Waals surface area contributed by atoms with Crippen molar-refractivity contribution < 1.29 is 17.6 Å². The van der Waals surface area contributed by atoms with Crippen molar-refractivity contribution in [1.82, 2.24) is 4.90 Å². The van der Waals surface area contributed by atoms with Crippen LogP contribution >= 0.6 is 0 Å². The third-order valence-corrected chi connectivity index (χ3v) is 5.55. The lowest BCUT2D eigenvalue weighted by molar-refractivity contribution is -0.117. The normalized spacial score (nSPS) is 15.0. The molecule has 0 atom stereocenters. The van der Waals surface area contributed by atoms with Crippen molar-refractivity contribution >= 4 is 27.3 Å². The van der Waals surface area contributed by atoms with Gasteiger partial charge >= 0.3 is 0 Å². The van der Waals surface area contributed by atoms with Crippen LogP contribution in [0.25, 0.3) is 0 Å². The van der Waals surface area contributed by atoms with E-state index in [9.17, 15) is 17.6 Å². The Hall–Kier alpha value is -3.00. The highest BCUT2D eigenvalue weighted by atomic mass is 32.2. The lowest BCUT2D eigenvalue weighted by Crippen LogP contribution is -2.48. The Kier molecular flexibility index (Phi) is 6.12. The summed E-state index contributed by atoms with van der Waals surface area (Å²) in [6.45, 7) is 2.44. The molecule has 1 aliphatic heterocycles. The minimum atomic E-state index is -3.77. The molecule has 0 radical (unpaired) electrons. The number of nitrogens with two attached hydrogens (primary N) is 1. The minimum absolute atomic E-state index is 0.0262. The number of halogens is 1. The summed E-state index contributed by atoms with van der Waals surface area (Å²) in [5.41, 5.74) is 1.20. The number of primary sulfonamides is 1. The van der Waals surface area contributed by atoms with E-state index in [0.29, 0.717) is 37.6 Å². The average molecular weight is 417 g/mol. The van der Waals surface area contributed by atoms with E-state index in [0.717, 1.165) is 0 Å². The van der Waals surface area contributed by atoms with E-state index in [1.165, 1.54) is 30.3 Å². The molecule has 1 amide bonds. The van der Waals surface area contributed by atoms with E-state index in [-0.39, 0.29) is 22.9 Å². The molecule has 2 aromatic rings. The monoisotopic (exact) mass is 417 g/mol. The van der Waals surface area contributed by atoms with Crippen molar-refractivity contribution in [2.24, 2.45) is 5.14 Å². The average Bonchev–Trinajstić information content (AvgIpc) is 2.68. The smallest absolute Gasteiger partial charge is 0.238 e. The van der Waals surface area contributed by atoms with Crippen LogP contribution < -0.4 is 15.4 Å².